The highest BCUT2D eigenvalue weighted by molar-refractivity contribution is 7.99. The first-order chi connectivity index (χ1) is 11.6. The van der Waals surface area contributed by atoms with E-state index in [9.17, 15) is 9.59 Å². The van der Waals surface area contributed by atoms with Crippen LogP contribution in [0.1, 0.15) is 32.6 Å². The molecule has 1 saturated heterocycles. The highest BCUT2D eigenvalue weighted by Crippen LogP contribution is 2.20. The summed E-state index contributed by atoms with van der Waals surface area (Å²) in [5.41, 5.74) is 0. The molecule has 1 aromatic rings. The van der Waals surface area contributed by atoms with Gasteiger partial charge in [0.25, 0.3) is 0 Å². The van der Waals surface area contributed by atoms with Crippen LogP contribution in [0.4, 0.5) is 0 Å². The standard InChI is InChI=1S/C18H24O5S/c1-14(19)11-17(20)23-15(12-22-18-9-5-6-10-21-18)13-24-16-7-3-2-4-8-16/h2-4,7-8,15,18H,5-6,9-13H2,1H3/t15-,18?/m1/s1. The first-order valence-corrected chi connectivity index (χ1v) is 9.22. The Morgan fingerprint density at radius 2 is 2.08 bits per heavy atom. The molecule has 132 valence electrons. The molecular weight excluding hydrogens is 328 g/mol. The van der Waals surface area contributed by atoms with Crippen LogP contribution in [-0.2, 0) is 23.8 Å². The Morgan fingerprint density at radius 3 is 2.75 bits per heavy atom. The fourth-order valence-corrected chi connectivity index (χ4v) is 3.20. The summed E-state index contributed by atoms with van der Waals surface area (Å²) in [5.74, 6) is -0.138. The van der Waals surface area contributed by atoms with Crippen LogP contribution in [0.15, 0.2) is 35.2 Å². The first kappa shape index (κ1) is 19.0. The molecule has 0 saturated carbocycles. The molecule has 5 nitrogen and oxygen atoms in total. The van der Waals surface area contributed by atoms with Gasteiger partial charge in [-0.3, -0.25) is 9.59 Å². The van der Waals surface area contributed by atoms with E-state index < -0.39 is 12.1 Å². The molecule has 0 spiro atoms. The number of esters is 1. The van der Waals surface area contributed by atoms with Crippen molar-refractivity contribution in [3.8, 4) is 0 Å². The number of rotatable bonds is 9. The molecule has 0 N–H and O–H groups in total. The summed E-state index contributed by atoms with van der Waals surface area (Å²) in [7, 11) is 0. The normalized spacial score (nSPS) is 18.8. The zero-order chi connectivity index (χ0) is 17.2. The average molecular weight is 352 g/mol. The number of benzene rings is 1. The lowest BCUT2D eigenvalue weighted by Crippen LogP contribution is -2.31. The topological polar surface area (TPSA) is 61.8 Å². The van der Waals surface area contributed by atoms with Gasteiger partial charge in [-0.15, -0.1) is 11.8 Å². The van der Waals surface area contributed by atoms with E-state index in [1.165, 1.54) is 6.92 Å². The van der Waals surface area contributed by atoms with Gasteiger partial charge in [0.15, 0.2) is 6.29 Å². The van der Waals surface area contributed by atoms with Gasteiger partial charge in [0.2, 0.25) is 0 Å². The van der Waals surface area contributed by atoms with E-state index in [2.05, 4.69) is 0 Å². The highest BCUT2D eigenvalue weighted by Gasteiger charge is 2.20. The number of carbonyl (C=O) groups excluding carboxylic acids is 2. The van der Waals surface area contributed by atoms with Gasteiger partial charge in [-0.1, -0.05) is 18.2 Å². The lowest BCUT2D eigenvalue weighted by Gasteiger charge is -2.25. The SMILES string of the molecule is CC(=O)CC(=O)O[C@H](COC1CCCCO1)CSc1ccccc1. The molecule has 0 aliphatic carbocycles. The van der Waals surface area contributed by atoms with E-state index in [-0.39, 0.29) is 25.1 Å². The van der Waals surface area contributed by atoms with Crippen LogP contribution >= 0.6 is 11.8 Å². The van der Waals surface area contributed by atoms with Crippen molar-refractivity contribution in [1.29, 1.82) is 0 Å². The van der Waals surface area contributed by atoms with Crippen LogP contribution in [0.2, 0.25) is 0 Å². The second kappa shape index (κ2) is 10.5. The Labute approximate surface area is 147 Å². The van der Waals surface area contributed by atoms with Crippen molar-refractivity contribution in [2.75, 3.05) is 19.0 Å². The van der Waals surface area contributed by atoms with Gasteiger partial charge in [0.1, 0.15) is 18.3 Å². The molecule has 24 heavy (non-hydrogen) atoms. The molecule has 2 rings (SSSR count). The van der Waals surface area contributed by atoms with E-state index in [1.807, 2.05) is 30.3 Å². The van der Waals surface area contributed by atoms with Crippen molar-refractivity contribution in [2.24, 2.45) is 0 Å². The second-order valence-corrected chi connectivity index (χ2v) is 6.84. The Morgan fingerprint density at radius 1 is 1.29 bits per heavy atom. The van der Waals surface area contributed by atoms with Crippen LogP contribution in [0.5, 0.6) is 0 Å². The number of hydrogen-bond donors (Lipinski definition) is 0. The van der Waals surface area contributed by atoms with Crippen molar-refractivity contribution in [1.82, 2.24) is 0 Å². The fourth-order valence-electron chi connectivity index (χ4n) is 2.31. The number of thioether (sulfide) groups is 1. The zero-order valence-corrected chi connectivity index (χ0v) is 14.8. The van der Waals surface area contributed by atoms with Crippen molar-refractivity contribution in [3.05, 3.63) is 30.3 Å². The van der Waals surface area contributed by atoms with Crippen molar-refractivity contribution in [3.63, 3.8) is 0 Å². The van der Waals surface area contributed by atoms with E-state index >= 15 is 0 Å². The van der Waals surface area contributed by atoms with E-state index in [1.54, 1.807) is 11.8 Å². The van der Waals surface area contributed by atoms with Gasteiger partial charge in [-0.25, -0.2) is 0 Å². The van der Waals surface area contributed by atoms with E-state index in [0.29, 0.717) is 12.4 Å². The molecule has 1 aliphatic rings. The lowest BCUT2D eigenvalue weighted by molar-refractivity contribution is -0.182. The molecule has 6 heteroatoms. The quantitative estimate of drug-likeness (QED) is 0.386. The molecular formula is C18H24O5S. The summed E-state index contributed by atoms with van der Waals surface area (Å²) < 4.78 is 16.7. The number of hydrogen-bond acceptors (Lipinski definition) is 6. The van der Waals surface area contributed by atoms with Crippen LogP contribution < -0.4 is 0 Å². The molecule has 1 unspecified atom stereocenters. The summed E-state index contributed by atoms with van der Waals surface area (Å²) >= 11 is 1.59. The number of Topliss-reactive ketones (excluding diaryl/α,β-unsaturated/α-hetero) is 1. The van der Waals surface area contributed by atoms with Crippen LogP contribution in [-0.4, -0.2) is 43.1 Å². The molecule has 0 amide bonds. The number of ketones is 1. The lowest BCUT2D eigenvalue weighted by atomic mass is 10.2. The Balaban J connectivity index is 1.84. The maximum absolute atomic E-state index is 11.8. The van der Waals surface area contributed by atoms with Gasteiger partial charge in [-0.2, -0.15) is 0 Å². The van der Waals surface area contributed by atoms with Crippen LogP contribution in [0.25, 0.3) is 0 Å². The molecule has 1 aliphatic heterocycles. The van der Waals surface area contributed by atoms with Gasteiger partial charge < -0.3 is 14.2 Å². The summed E-state index contributed by atoms with van der Waals surface area (Å²) in [6, 6.07) is 9.89. The Kier molecular flexibility index (Phi) is 8.28. The molecule has 1 fully saturated rings. The minimum Gasteiger partial charge on any atom is -0.459 e. The second-order valence-electron chi connectivity index (χ2n) is 5.74. The number of ether oxygens (including phenoxy) is 3. The van der Waals surface area contributed by atoms with Gasteiger partial charge in [-0.05, 0) is 38.3 Å². The minimum atomic E-state index is -0.505. The van der Waals surface area contributed by atoms with Gasteiger partial charge in [0, 0.05) is 17.3 Å². The van der Waals surface area contributed by atoms with E-state index in [4.69, 9.17) is 14.2 Å². The van der Waals surface area contributed by atoms with Crippen molar-refractivity contribution >= 4 is 23.5 Å². The molecule has 1 heterocycles. The molecule has 2 atom stereocenters. The molecule has 1 aromatic carbocycles. The third-order valence-corrected chi connectivity index (χ3v) is 4.62. The number of carbonyl (C=O) groups is 2. The zero-order valence-electron chi connectivity index (χ0n) is 13.9. The van der Waals surface area contributed by atoms with Crippen LogP contribution in [0, 0.1) is 0 Å². The maximum atomic E-state index is 11.8. The largest absolute Gasteiger partial charge is 0.459 e. The monoisotopic (exact) mass is 352 g/mol. The molecule has 0 radical (unpaired) electrons. The Hall–Kier alpha value is -1.37. The molecule has 0 aromatic heterocycles. The summed E-state index contributed by atoms with van der Waals surface area (Å²) in [4.78, 5) is 23.9. The highest BCUT2D eigenvalue weighted by atomic mass is 32.2. The van der Waals surface area contributed by atoms with Crippen molar-refractivity contribution in [2.45, 2.75) is 49.9 Å². The van der Waals surface area contributed by atoms with Crippen molar-refractivity contribution < 1.29 is 23.8 Å². The molecule has 0 bridgehead atoms. The van der Waals surface area contributed by atoms with Gasteiger partial charge >= 0.3 is 5.97 Å². The predicted octanol–water partition coefficient (Wildman–Crippen LogP) is 3.21. The maximum Gasteiger partial charge on any atom is 0.313 e. The van der Waals surface area contributed by atoms with E-state index in [0.717, 1.165) is 24.2 Å². The predicted molar refractivity (Wildman–Crippen MR) is 91.9 cm³/mol. The Bertz CT molecular complexity index is 513. The average Bonchev–Trinajstić information content (AvgIpc) is 2.58. The van der Waals surface area contributed by atoms with Crippen LogP contribution in [0.3, 0.4) is 0 Å². The fraction of sp³-hybridized carbons (Fsp3) is 0.556. The summed E-state index contributed by atoms with van der Waals surface area (Å²) in [6.45, 7) is 2.35. The van der Waals surface area contributed by atoms with Gasteiger partial charge in [0.05, 0.1) is 6.61 Å². The minimum absolute atomic E-state index is 0.202. The summed E-state index contributed by atoms with van der Waals surface area (Å²) in [6.07, 6.45) is 2.16. The summed E-state index contributed by atoms with van der Waals surface area (Å²) in [5, 5.41) is 0. The third kappa shape index (κ3) is 7.47. The first-order valence-electron chi connectivity index (χ1n) is 8.23. The smallest absolute Gasteiger partial charge is 0.313 e. The third-order valence-electron chi connectivity index (χ3n) is 3.48.